The molecule has 1 aromatic rings. The molecule has 4 nitrogen and oxygen atoms in total. The molecule has 0 spiro atoms. The molecule has 0 unspecified atom stereocenters. The Balaban J connectivity index is 0.000000255. The van der Waals surface area contributed by atoms with Gasteiger partial charge in [-0.15, -0.1) is 0 Å². The third kappa shape index (κ3) is 7.70. The van der Waals surface area contributed by atoms with E-state index in [9.17, 15) is 13.0 Å². The average molecular weight is 217 g/mol. The van der Waals surface area contributed by atoms with E-state index in [1.807, 2.05) is 18.3 Å². The fourth-order valence-electron chi connectivity index (χ4n) is 0.650. The number of pyridine rings is 1. The molecule has 1 aromatic heterocycles. The fourth-order valence-corrected chi connectivity index (χ4v) is 0.650. The first-order valence-corrected chi connectivity index (χ1v) is 5.96. The zero-order valence-corrected chi connectivity index (χ0v) is 9.17. The number of hydrogen-bond donors (Lipinski definition) is 0. The van der Waals surface area contributed by atoms with Gasteiger partial charge in [-0.05, 0) is 0 Å². The van der Waals surface area contributed by atoms with Gasteiger partial charge in [0.05, 0.1) is 10.1 Å². The largest absolute Gasteiger partial charge is 0.748 e. The number of aromatic amines is 1. The SMILES string of the molecule is CCS(=O)(=O)[O-].CCc1cccc[nH+]1. The van der Waals surface area contributed by atoms with Crippen LogP contribution in [0.2, 0.25) is 0 Å². The van der Waals surface area contributed by atoms with Crippen LogP contribution in [0.5, 0.6) is 0 Å². The van der Waals surface area contributed by atoms with Gasteiger partial charge in [-0.1, -0.05) is 19.9 Å². The van der Waals surface area contributed by atoms with E-state index in [1.54, 1.807) is 0 Å². The summed E-state index contributed by atoms with van der Waals surface area (Å²) in [7, 11) is -3.91. The number of aryl methyl sites for hydroxylation is 1. The molecule has 1 N–H and O–H groups in total. The molecule has 0 aromatic carbocycles. The summed E-state index contributed by atoms with van der Waals surface area (Å²) in [6.45, 7) is 3.44. The fraction of sp³-hybridized carbons (Fsp3) is 0.444. The van der Waals surface area contributed by atoms with Crippen molar-refractivity contribution in [3.05, 3.63) is 30.1 Å². The number of H-pyrrole nitrogens is 1. The van der Waals surface area contributed by atoms with Crippen LogP contribution in [-0.4, -0.2) is 18.7 Å². The van der Waals surface area contributed by atoms with E-state index in [0.29, 0.717) is 0 Å². The van der Waals surface area contributed by atoms with Crippen LogP contribution in [0.4, 0.5) is 0 Å². The zero-order valence-electron chi connectivity index (χ0n) is 8.36. The van der Waals surface area contributed by atoms with E-state index >= 15 is 0 Å². The lowest BCUT2D eigenvalue weighted by atomic mass is 10.3. The van der Waals surface area contributed by atoms with Crippen LogP contribution >= 0.6 is 0 Å². The summed E-state index contributed by atoms with van der Waals surface area (Å²) >= 11 is 0. The Morgan fingerprint density at radius 3 is 2.14 bits per heavy atom. The van der Waals surface area contributed by atoms with Gasteiger partial charge in [0.2, 0.25) is 0 Å². The van der Waals surface area contributed by atoms with E-state index in [0.717, 1.165) is 6.42 Å². The van der Waals surface area contributed by atoms with Crippen LogP contribution in [0.15, 0.2) is 24.4 Å². The Morgan fingerprint density at radius 1 is 1.36 bits per heavy atom. The molecule has 80 valence electrons. The Hall–Kier alpha value is -0.940. The quantitative estimate of drug-likeness (QED) is 0.681. The molecule has 0 saturated heterocycles. The van der Waals surface area contributed by atoms with E-state index in [-0.39, 0.29) is 5.75 Å². The number of rotatable bonds is 2. The van der Waals surface area contributed by atoms with Gasteiger partial charge in [-0.25, -0.2) is 13.4 Å². The van der Waals surface area contributed by atoms with Crippen molar-refractivity contribution in [3.8, 4) is 0 Å². The van der Waals surface area contributed by atoms with Gasteiger partial charge < -0.3 is 4.55 Å². The highest BCUT2D eigenvalue weighted by molar-refractivity contribution is 7.85. The second-order valence-electron chi connectivity index (χ2n) is 2.59. The van der Waals surface area contributed by atoms with Gasteiger partial charge in [-0.3, -0.25) is 0 Å². The van der Waals surface area contributed by atoms with Crippen molar-refractivity contribution in [2.45, 2.75) is 20.3 Å². The van der Waals surface area contributed by atoms with Crippen molar-refractivity contribution in [2.24, 2.45) is 0 Å². The zero-order chi connectivity index (χ0) is 11.0. The lowest BCUT2D eigenvalue weighted by Gasteiger charge is -1.97. The first-order valence-electron chi connectivity index (χ1n) is 4.38. The summed E-state index contributed by atoms with van der Waals surface area (Å²) in [5.74, 6) is -0.312. The van der Waals surface area contributed by atoms with Gasteiger partial charge in [0.25, 0.3) is 0 Å². The molecule has 1 heterocycles. The minimum absolute atomic E-state index is 0.312. The smallest absolute Gasteiger partial charge is 0.179 e. The van der Waals surface area contributed by atoms with Gasteiger partial charge in [0, 0.05) is 24.3 Å². The van der Waals surface area contributed by atoms with E-state index in [1.165, 1.54) is 12.6 Å². The molecule has 0 aliphatic rings. The maximum absolute atomic E-state index is 9.44. The van der Waals surface area contributed by atoms with Gasteiger partial charge in [0.15, 0.2) is 11.9 Å². The molecule has 14 heavy (non-hydrogen) atoms. The summed E-state index contributed by atoms with van der Waals surface area (Å²) < 4.78 is 28.3. The number of aromatic nitrogens is 1. The topological polar surface area (TPSA) is 71.3 Å². The molecule has 5 heteroatoms. The van der Waals surface area contributed by atoms with Crippen LogP contribution in [0.3, 0.4) is 0 Å². The molecular weight excluding hydrogens is 202 g/mol. The highest BCUT2D eigenvalue weighted by Gasteiger charge is 1.89. The van der Waals surface area contributed by atoms with Crippen LogP contribution in [0.25, 0.3) is 0 Å². The third-order valence-corrected chi connectivity index (χ3v) is 2.22. The van der Waals surface area contributed by atoms with Crippen molar-refractivity contribution in [1.29, 1.82) is 0 Å². The molecule has 0 atom stereocenters. The molecule has 0 saturated carbocycles. The molecule has 0 aliphatic carbocycles. The highest BCUT2D eigenvalue weighted by atomic mass is 32.2. The normalized spacial score (nSPS) is 10.2. The molecule has 0 amide bonds. The minimum Gasteiger partial charge on any atom is -0.748 e. The Bertz CT molecular complexity index is 334. The maximum atomic E-state index is 9.44. The van der Waals surface area contributed by atoms with Gasteiger partial charge >= 0.3 is 0 Å². The van der Waals surface area contributed by atoms with E-state index in [2.05, 4.69) is 18.0 Å². The van der Waals surface area contributed by atoms with Crippen LogP contribution in [0.1, 0.15) is 19.5 Å². The summed E-state index contributed by atoms with van der Waals surface area (Å²) in [4.78, 5) is 3.12. The van der Waals surface area contributed by atoms with Crippen LogP contribution < -0.4 is 4.98 Å². The van der Waals surface area contributed by atoms with Crippen molar-refractivity contribution in [3.63, 3.8) is 0 Å². The van der Waals surface area contributed by atoms with Crippen molar-refractivity contribution >= 4 is 10.1 Å². The molecule has 0 bridgehead atoms. The van der Waals surface area contributed by atoms with Gasteiger partial charge in [0.1, 0.15) is 0 Å². The second-order valence-corrected chi connectivity index (χ2v) is 4.28. The average Bonchev–Trinajstić information content (AvgIpc) is 2.19. The number of hydrogen-bond acceptors (Lipinski definition) is 3. The summed E-state index contributed by atoms with van der Waals surface area (Å²) in [6, 6.07) is 6.11. The molecule has 0 fully saturated rings. The number of nitrogens with one attached hydrogen (secondary N) is 1. The maximum Gasteiger partial charge on any atom is 0.179 e. The first kappa shape index (κ1) is 13.1. The second kappa shape index (κ2) is 6.50. The molecular formula is C9H15NO3S. The van der Waals surface area contributed by atoms with Crippen molar-refractivity contribution < 1.29 is 18.0 Å². The summed E-state index contributed by atoms with van der Waals surface area (Å²) in [5.41, 5.74) is 1.28. The Labute approximate surface area is 84.7 Å². The highest BCUT2D eigenvalue weighted by Crippen LogP contribution is 1.86. The lowest BCUT2D eigenvalue weighted by Crippen LogP contribution is -2.06. The first-order chi connectivity index (χ1) is 6.49. The standard InChI is InChI=1S/C7H9N.C2H6O3S/c1-2-7-5-3-4-6-8-7;1-2-6(3,4)5/h3-6H,2H2,1H3;2H2,1H3,(H,3,4,5). The van der Waals surface area contributed by atoms with Crippen LogP contribution in [-0.2, 0) is 16.5 Å². The Morgan fingerprint density at radius 2 is 1.93 bits per heavy atom. The monoisotopic (exact) mass is 217 g/mol. The minimum atomic E-state index is -3.91. The molecule has 0 aliphatic heterocycles. The van der Waals surface area contributed by atoms with E-state index in [4.69, 9.17) is 0 Å². The lowest BCUT2D eigenvalue weighted by molar-refractivity contribution is -0.389. The summed E-state index contributed by atoms with van der Waals surface area (Å²) in [5, 5.41) is 0. The van der Waals surface area contributed by atoms with Crippen LogP contribution in [0, 0.1) is 0 Å². The summed E-state index contributed by atoms with van der Waals surface area (Å²) in [6.07, 6.45) is 3.03. The molecule has 0 radical (unpaired) electrons. The van der Waals surface area contributed by atoms with Crippen molar-refractivity contribution in [1.82, 2.24) is 0 Å². The van der Waals surface area contributed by atoms with Crippen molar-refractivity contribution in [2.75, 3.05) is 5.75 Å². The molecule has 1 rings (SSSR count). The predicted octanol–water partition coefficient (Wildman–Crippen LogP) is 0.615. The predicted molar refractivity (Wildman–Crippen MR) is 52.6 cm³/mol. The van der Waals surface area contributed by atoms with E-state index < -0.39 is 10.1 Å². The van der Waals surface area contributed by atoms with Gasteiger partial charge in [-0.2, -0.15) is 0 Å². The third-order valence-electron chi connectivity index (χ3n) is 1.51. The Kier molecular flexibility index (Phi) is 6.07.